The van der Waals surface area contributed by atoms with E-state index in [0.29, 0.717) is 0 Å². The van der Waals surface area contributed by atoms with Gasteiger partial charge in [-0.3, -0.25) is 19.7 Å². The Morgan fingerprint density at radius 1 is 1.47 bits per heavy atom. The van der Waals surface area contributed by atoms with Gasteiger partial charge in [-0.2, -0.15) is 0 Å². The molecule has 0 saturated heterocycles. The number of carbonyl (C=O) groups is 2. The fourth-order valence-corrected chi connectivity index (χ4v) is 1.36. The van der Waals surface area contributed by atoms with Crippen LogP contribution in [0.1, 0.15) is 13.3 Å². The van der Waals surface area contributed by atoms with Gasteiger partial charge < -0.3 is 5.32 Å². The number of nitro groups is 1. The fourth-order valence-electron chi connectivity index (χ4n) is 1.19. The van der Waals surface area contributed by atoms with Crippen molar-refractivity contribution >= 4 is 34.7 Å². The van der Waals surface area contributed by atoms with Gasteiger partial charge in [-0.15, -0.1) is 0 Å². The normalized spacial score (nSPS) is 9.76. The zero-order valence-corrected chi connectivity index (χ0v) is 9.65. The van der Waals surface area contributed by atoms with Crippen LogP contribution in [0.3, 0.4) is 0 Å². The van der Waals surface area contributed by atoms with Crippen LogP contribution >= 0.6 is 11.6 Å². The minimum absolute atomic E-state index is 0.0197. The minimum atomic E-state index is -0.639. The molecule has 1 aromatic carbocycles. The largest absolute Gasteiger partial charge is 0.320 e. The molecule has 0 radical (unpaired) electrons. The number of halogens is 1. The van der Waals surface area contributed by atoms with Crippen molar-refractivity contribution in [1.29, 1.82) is 0 Å². The van der Waals surface area contributed by atoms with Crippen LogP contribution in [0, 0.1) is 10.1 Å². The summed E-state index contributed by atoms with van der Waals surface area (Å²) in [6.45, 7) is 1.26. The summed E-state index contributed by atoms with van der Waals surface area (Å²) in [5.41, 5.74) is -0.292. The van der Waals surface area contributed by atoms with Gasteiger partial charge >= 0.3 is 0 Å². The van der Waals surface area contributed by atoms with Crippen molar-refractivity contribution < 1.29 is 14.5 Å². The summed E-state index contributed by atoms with van der Waals surface area (Å²) < 4.78 is 0. The first-order chi connectivity index (χ1) is 7.90. The van der Waals surface area contributed by atoms with Crippen molar-refractivity contribution in [3.63, 3.8) is 0 Å². The molecule has 0 aromatic heterocycles. The van der Waals surface area contributed by atoms with Crippen LogP contribution in [-0.2, 0) is 9.59 Å². The Labute approximate surface area is 102 Å². The third-order valence-corrected chi connectivity index (χ3v) is 2.07. The van der Waals surface area contributed by atoms with E-state index < -0.39 is 10.8 Å². The number of benzene rings is 1. The van der Waals surface area contributed by atoms with Crippen molar-refractivity contribution in [2.24, 2.45) is 0 Å². The lowest BCUT2D eigenvalue weighted by molar-refractivity contribution is -0.383. The molecule has 1 amide bonds. The molecule has 0 aliphatic heterocycles. The van der Waals surface area contributed by atoms with E-state index in [1.807, 2.05) is 0 Å². The number of hydrogen-bond donors (Lipinski definition) is 1. The number of nitrogens with one attached hydrogen (secondary N) is 1. The molecule has 0 atom stereocenters. The van der Waals surface area contributed by atoms with Gasteiger partial charge in [0, 0.05) is 11.1 Å². The number of amides is 1. The lowest BCUT2D eigenvalue weighted by atomic mass is 10.2. The first-order valence-electron chi connectivity index (χ1n) is 4.63. The Hall–Kier alpha value is -1.95. The highest BCUT2D eigenvalue weighted by molar-refractivity contribution is 6.31. The zero-order chi connectivity index (χ0) is 13.0. The Morgan fingerprint density at radius 3 is 2.65 bits per heavy atom. The van der Waals surface area contributed by atoms with E-state index in [1.165, 1.54) is 25.1 Å². The third kappa shape index (κ3) is 3.84. The first-order valence-corrected chi connectivity index (χ1v) is 5.01. The molecule has 0 heterocycles. The molecule has 17 heavy (non-hydrogen) atoms. The van der Waals surface area contributed by atoms with Crippen molar-refractivity contribution in [3.8, 4) is 0 Å². The molecule has 0 saturated carbocycles. The van der Waals surface area contributed by atoms with Crippen molar-refractivity contribution in [2.45, 2.75) is 13.3 Å². The van der Waals surface area contributed by atoms with Crippen LogP contribution in [0.25, 0.3) is 0 Å². The molecule has 0 unspecified atom stereocenters. The van der Waals surface area contributed by atoms with Crippen LogP contribution in [0.15, 0.2) is 18.2 Å². The number of rotatable bonds is 4. The summed E-state index contributed by atoms with van der Waals surface area (Å²) in [6.07, 6.45) is -0.330. The Kier molecular flexibility index (Phi) is 4.17. The van der Waals surface area contributed by atoms with Crippen LogP contribution in [0.4, 0.5) is 11.4 Å². The third-order valence-electron chi connectivity index (χ3n) is 1.84. The number of nitro benzene ring substituents is 1. The molecule has 90 valence electrons. The minimum Gasteiger partial charge on any atom is -0.320 e. The lowest BCUT2D eigenvalue weighted by Gasteiger charge is -2.05. The van der Waals surface area contributed by atoms with E-state index in [-0.39, 0.29) is 28.6 Å². The summed E-state index contributed by atoms with van der Waals surface area (Å²) in [7, 11) is 0. The summed E-state index contributed by atoms with van der Waals surface area (Å²) in [6, 6.07) is 3.80. The average Bonchev–Trinajstić information content (AvgIpc) is 2.15. The predicted molar refractivity (Wildman–Crippen MR) is 62.0 cm³/mol. The molecule has 6 nitrogen and oxygen atoms in total. The molecule has 1 rings (SSSR count). The average molecular weight is 257 g/mol. The molecule has 7 heteroatoms. The second-order valence-electron chi connectivity index (χ2n) is 3.35. The van der Waals surface area contributed by atoms with Crippen molar-refractivity contribution in [2.75, 3.05) is 5.32 Å². The van der Waals surface area contributed by atoms with E-state index in [0.717, 1.165) is 0 Å². The highest BCUT2D eigenvalue weighted by Crippen LogP contribution is 2.27. The van der Waals surface area contributed by atoms with Gasteiger partial charge in [0.05, 0.1) is 11.3 Å². The number of nitrogens with zero attached hydrogens (tertiary/aromatic N) is 1. The Bertz CT molecular complexity index is 487. The molecule has 0 aliphatic carbocycles. The summed E-state index contributed by atoms with van der Waals surface area (Å²) in [5.74, 6) is -0.935. The van der Waals surface area contributed by atoms with Crippen LogP contribution in [0.2, 0.25) is 5.02 Å². The van der Waals surface area contributed by atoms with E-state index in [9.17, 15) is 19.7 Å². The molecule has 0 aliphatic rings. The van der Waals surface area contributed by atoms with Crippen LogP contribution in [0.5, 0.6) is 0 Å². The first kappa shape index (κ1) is 13.1. The molecular formula is C10H9ClN2O4. The quantitative estimate of drug-likeness (QED) is 0.508. The zero-order valence-electron chi connectivity index (χ0n) is 8.90. The Morgan fingerprint density at radius 2 is 2.12 bits per heavy atom. The van der Waals surface area contributed by atoms with Gasteiger partial charge in [-0.25, -0.2) is 0 Å². The molecular weight excluding hydrogens is 248 g/mol. The van der Waals surface area contributed by atoms with E-state index in [1.54, 1.807) is 0 Å². The van der Waals surface area contributed by atoms with Gasteiger partial charge in [0.15, 0.2) is 0 Å². The summed E-state index contributed by atoms with van der Waals surface area (Å²) in [5, 5.41) is 13.2. The molecule has 0 spiro atoms. The number of carbonyl (C=O) groups excluding carboxylic acids is 2. The molecule has 1 N–H and O–H groups in total. The van der Waals surface area contributed by atoms with E-state index in [4.69, 9.17) is 11.6 Å². The second kappa shape index (κ2) is 5.40. The molecule has 0 fully saturated rings. The number of hydrogen-bond acceptors (Lipinski definition) is 4. The second-order valence-corrected chi connectivity index (χ2v) is 3.78. The van der Waals surface area contributed by atoms with Crippen LogP contribution < -0.4 is 5.32 Å². The van der Waals surface area contributed by atoms with Gasteiger partial charge in [-0.1, -0.05) is 11.6 Å². The molecule has 1 aromatic rings. The number of Topliss-reactive ketones (excluding diaryl/α,β-unsaturated/α-hetero) is 1. The molecule has 0 bridgehead atoms. The van der Waals surface area contributed by atoms with Crippen molar-refractivity contribution in [3.05, 3.63) is 33.3 Å². The van der Waals surface area contributed by atoms with E-state index >= 15 is 0 Å². The van der Waals surface area contributed by atoms with Crippen LogP contribution in [-0.4, -0.2) is 16.6 Å². The van der Waals surface area contributed by atoms with Gasteiger partial charge in [0.1, 0.15) is 11.5 Å². The number of anilines is 1. The maximum Gasteiger partial charge on any atom is 0.292 e. The smallest absolute Gasteiger partial charge is 0.292 e. The Balaban J connectivity index is 2.96. The highest BCUT2D eigenvalue weighted by Gasteiger charge is 2.16. The van der Waals surface area contributed by atoms with Gasteiger partial charge in [0.25, 0.3) is 5.69 Å². The van der Waals surface area contributed by atoms with Crippen molar-refractivity contribution in [1.82, 2.24) is 0 Å². The predicted octanol–water partition coefficient (Wildman–Crippen LogP) is 2.17. The van der Waals surface area contributed by atoms with E-state index in [2.05, 4.69) is 5.32 Å². The number of ketones is 1. The SMILES string of the molecule is CC(=O)CC(=O)Nc1cc(Cl)ccc1[N+](=O)[O-]. The fraction of sp³-hybridized carbons (Fsp3) is 0.200. The van der Waals surface area contributed by atoms with Gasteiger partial charge in [-0.05, 0) is 19.1 Å². The topological polar surface area (TPSA) is 89.3 Å². The lowest BCUT2D eigenvalue weighted by Crippen LogP contribution is -2.15. The standard InChI is InChI=1S/C10H9ClN2O4/c1-6(14)4-10(15)12-8-5-7(11)2-3-9(8)13(16)17/h2-3,5H,4H2,1H3,(H,12,15). The highest BCUT2D eigenvalue weighted by atomic mass is 35.5. The summed E-state index contributed by atoms with van der Waals surface area (Å²) in [4.78, 5) is 32.1. The maximum atomic E-state index is 11.3. The van der Waals surface area contributed by atoms with Gasteiger partial charge in [0.2, 0.25) is 5.91 Å². The summed E-state index contributed by atoms with van der Waals surface area (Å²) >= 11 is 5.67. The monoisotopic (exact) mass is 256 g/mol. The maximum absolute atomic E-state index is 11.3.